The van der Waals surface area contributed by atoms with Crippen molar-refractivity contribution in [3.63, 3.8) is 0 Å². The van der Waals surface area contributed by atoms with Gasteiger partial charge in [-0.3, -0.25) is 10.00 Å². The number of H-pyrrole nitrogens is 1. The lowest BCUT2D eigenvalue weighted by Crippen LogP contribution is -2.36. The normalized spacial score (nSPS) is 17.0. The third-order valence-corrected chi connectivity index (χ3v) is 6.06. The molecule has 1 aliphatic rings. The SMILES string of the molecule is Cc1ccc(-c2nc(=S)n(CN3CCC[C@H](c4nc(-c5ccc(F)cc5)no4)C3)[nH]2)cc1. The molecule has 0 amide bonds. The number of likely N-dealkylation sites (tertiary alicyclic amines) is 1. The van der Waals surface area contributed by atoms with Crippen LogP contribution in [0.3, 0.4) is 0 Å². The largest absolute Gasteiger partial charge is 0.339 e. The van der Waals surface area contributed by atoms with Crippen LogP contribution in [0.2, 0.25) is 0 Å². The van der Waals surface area contributed by atoms with Crippen molar-refractivity contribution in [2.24, 2.45) is 0 Å². The van der Waals surface area contributed by atoms with Crippen LogP contribution in [0.1, 0.15) is 30.2 Å². The quantitative estimate of drug-likeness (QED) is 0.434. The Morgan fingerprint density at radius 1 is 1.09 bits per heavy atom. The van der Waals surface area contributed by atoms with Crippen molar-refractivity contribution in [3.8, 4) is 22.8 Å². The standard InChI is InChI=1S/C23H23FN6OS/c1-15-4-6-16(7-5-15)20-26-23(32)30(27-20)14-29-12-2-3-18(13-29)22-25-21(28-31-22)17-8-10-19(24)11-9-17/h4-11,18H,2-3,12-14H2,1H3,(H,26,27,32)/t18-/m0/s1. The predicted molar refractivity (Wildman–Crippen MR) is 121 cm³/mol. The second-order valence-electron chi connectivity index (χ2n) is 8.17. The highest BCUT2D eigenvalue weighted by molar-refractivity contribution is 7.71. The first-order valence-corrected chi connectivity index (χ1v) is 11.0. The van der Waals surface area contributed by atoms with E-state index in [-0.39, 0.29) is 11.7 Å². The maximum atomic E-state index is 13.2. The number of piperidine rings is 1. The molecule has 1 atom stereocenters. The summed E-state index contributed by atoms with van der Waals surface area (Å²) in [5.41, 5.74) is 2.95. The molecule has 1 saturated heterocycles. The fraction of sp³-hybridized carbons (Fsp3) is 0.304. The van der Waals surface area contributed by atoms with E-state index in [1.807, 2.05) is 16.8 Å². The van der Waals surface area contributed by atoms with Crippen molar-refractivity contribution in [3.05, 3.63) is 70.6 Å². The number of nitrogens with one attached hydrogen (secondary N) is 1. The summed E-state index contributed by atoms with van der Waals surface area (Å²) < 4.78 is 21.2. The monoisotopic (exact) mass is 450 g/mol. The van der Waals surface area contributed by atoms with Crippen molar-refractivity contribution in [1.29, 1.82) is 0 Å². The van der Waals surface area contributed by atoms with Gasteiger partial charge in [0.15, 0.2) is 5.82 Å². The van der Waals surface area contributed by atoms with E-state index in [0.29, 0.717) is 23.2 Å². The first-order chi connectivity index (χ1) is 15.5. The molecular weight excluding hydrogens is 427 g/mol. The van der Waals surface area contributed by atoms with E-state index in [1.54, 1.807) is 12.1 Å². The highest BCUT2D eigenvalue weighted by Gasteiger charge is 2.26. The van der Waals surface area contributed by atoms with Crippen molar-refractivity contribution >= 4 is 12.2 Å². The van der Waals surface area contributed by atoms with Crippen LogP contribution in [0.15, 0.2) is 53.1 Å². The topological polar surface area (TPSA) is 75.8 Å². The first-order valence-electron chi connectivity index (χ1n) is 10.6. The van der Waals surface area contributed by atoms with Gasteiger partial charge in [0.05, 0.1) is 12.6 Å². The van der Waals surface area contributed by atoms with E-state index in [2.05, 4.69) is 44.2 Å². The maximum Gasteiger partial charge on any atom is 0.231 e. The molecule has 1 aliphatic heterocycles. The Morgan fingerprint density at radius 3 is 2.62 bits per heavy atom. The third kappa shape index (κ3) is 4.39. The van der Waals surface area contributed by atoms with Crippen molar-refractivity contribution in [2.45, 2.75) is 32.4 Å². The molecule has 5 rings (SSSR count). The average Bonchev–Trinajstić information content (AvgIpc) is 3.43. The van der Waals surface area contributed by atoms with Gasteiger partial charge in [-0.15, -0.1) is 0 Å². The fourth-order valence-electron chi connectivity index (χ4n) is 4.00. The molecule has 7 nitrogen and oxygen atoms in total. The number of rotatable bonds is 5. The highest BCUT2D eigenvalue weighted by Crippen LogP contribution is 2.28. The van der Waals surface area contributed by atoms with E-state index in [4.69, 9.17) is 16.7 Å². The van der Waals surface area contributed by atoms with Crippen LogP contribution >= 0.6 is 12.2 Å². The lowest BCUT2D eigenvalue weighted by molar-refractivity contribution is 0.143. The molecule has 4 aromatic rings. The molecule has 1 fully saturated rings. The van der Waals surface area contributed by atoms with Crippen LogP contribution in [-0.4, -0.2) is 42.9 Å². The molecular formula is C23H23FN6OS. The Kier molecular flexibility index (Phi) is 5.67. The van der Waals surface area contributed by atoms with E-state index in [1.165, 1.54) is 17.7 Å². The van der Waals surface area contributed by atoms with E-state index >= 15 is 0 Å². The number of hydrogen-bond acceptors (Lipinski definition) is 6. The summed E-state index contributed by atoms with van der Waals surface area (Å²) in [4.78, 5) is 11.4. The Labute approximate surface area is 189 Å². The second-order valence-corrected chi connectivity index (χ2v) is 8.53. The Bertz CT molecular complexity index is 1260. The minimum atomic E-state index is -0.289. The molecule has 9 heteroatoms. The zero-order valence-electron chi connectivity index (χ0n) is 17.7. The lowest BCUT2D eigenvalue weighted by atomic mass is 9.98. The number of hydrogen-bond donors (Lipinski definition) is 1. The molecule has 0 aliphatic carbocycles. The van der Waals surface area contributed by atoms with Gasteiger partial charge >= 0.3 is 0 Å². The number of benzene rings is 2. The van der Waals surface area contributed by atoms with Gasteiger partial charge in [0.25, 0.3) is 0 Å². The molecule has 0 spiro atoms. The molecule has 2 aromatic heterocycles. The minimum absolute atomic E-state index is 0.138. The number of nitrogens with zero attached hydrogens (tertiary/aromatic N) is 5. The van der Waals surface area contributed by atoms with Crippen LogP contribution in [0, 0.1) is 17.5 Å². The minimum Gasteiger partial charge on any atom is -0.339 e. The summed E-state index contributed by atoms with van der Waals surface area (Å²) in [7, 11) is 0. The van der Waals surface area contributed by atoms with Crippen LogP contribution < -0.4 is 0 Å². The summed E-state index contributed by atoms with van der Waals surface area (Å²) in [6.45, 7) is 4.42. The molecule has 2 aromatic carbocycles. The molecule has 3 heterocycles. The molecule has 0 saturated carbocycles. The van der Waals surface area contributed by atoms with Crippen LogP contribution in [-0.2, 0) is 6.67 Å². The second kappa shape index (κ2) is 8.76. The first kappa shape index (κ1) is 20.7. The Hall–Kier alpha value is -3.17. The molecule has 164 valence electrons. The van der Waals surface area contributed by atoms with Gasteiger partial charge in [-0.2, -0.15) is 9.97 Å². The lowest BCUT2D eigenvalue weighted by Gasteiger charge is -2.30. The molecule has 0 radical (unpaired) electrons. The van der Waals surface area contributed by atoms with Crippen LogP contribution in [0.5, 0.6) is 0 Å². The fourth-order valence-corrected chi connectivity index (χ4v) is 4.19. The van der Waals surface area contributed by atoms with Crippen LogP contribution in [0.25, 0.3) is 22.8 Å². The van der Waals surface area contributed by atoms with Gasteiger partial charge in [-0.05, 0) is 62.8 Å². The van der Waals surface area contributed by atoms with Gasteiger partial charge in [-0.25, -0.2) is 9.07 Å². The summed E-state index contributed by atoms with van der Waals surface area (Å²) >= 11 is 5.48. The maximum absolute atomic E-state index is 13.2. The molecule has 0 unspecified atom stereocenters. The van der Waals surface area contributed by atoms with Gasteiger partial charge in [0.2, 0.25) is 16.5 Å². The summed E-state index contributed by atoms with van der Waals surface area (Å²) in [6.07, 6.45) is 2.00. The van der Waals surface area contributed by atoms with Gasteiger partial charge in [0, 0.05) is 17.7 Å². The number of aryl methyl sites for hydroxylation is 1. The van der Waals surface area contributed by atoms with Gasteiger partial charge in [0.1, 0.15) is 5.82 Å². The summed E-state index contributed by atoms with van der Waals surface area (Å²) in [5.74, 6) is 1.71. The molecule has 1 N–H and O–H groups in total. The highest BCUT2D eigenvalue weighted by atomic mass is 32.1. The number of aromatic nitrogens is 5. The summed E-state index contributed by atoms with van der Waals surface area (Å²) in [5, 5.41) is 7.42. The van der Waals surface area contributed by atoms with Crippen molar-refractivity contribution in [1.82, 2.24) is 29.8 Å². The van der Waals surface area contributed by atoms with Crippen LogP contribution in [0.4, 0.5) is 4.39 Å². The van der Waals surface area contributed by atoms with Gasteiger partial charge < -0.3 is 4.52 Å². The Morgan fingerprint density at radius 2 is 1.84 bits per heavy atom. The summed E-state index contributed by atoms with van der Waals surface area (Å²) in [6, 6.07) is 14.3. The number of aromatic amines is 1. The van der Waals surface area contributed by atoms with E-state index in [9.17, 15) is 4.39 Å². The zero-order valence-corrected chi connectivity index (χ0v) is 18.5. The van der Waals surface area contributed by atoms with Crippen molar-refractivity contribution in [2.75, 3.05) is 13.1 Å². The van der Waals surface area contributed by atoms with Crippen molar-refractivity contribution < 1.29 is 8.91 Å². The average molecular weight is 451 g/mol. The zero-order chi connectivity index (χ0) is 22.1. The predicted octanol–water partition coefficient (Wildman–Crippen LogP) is 4.94. The van der Waals surface area contributed by atoms with Gasteiger partial charge in [-0.1, -0.05) is 35.0 Å². The molecule has 0 bridgehead atoms. The molecule has 32 heavy (non-hydrogen) atoms. The third-order valence-electron chi connectivity index (χ3n) is 5.74. The van der Waals surface area contributed by atoms with E-state index in [0.717, 1.165) is 42.9 Å². The Balaban J connectivity index is 1.28. The number of halogens is 1. The smallest absolute Gasteiger partial charge is 0.231 e. The van der Waals surface area contributed by atoms with E-state index < -0.39 is 0 Å².